The van der Waals surface area contributed by atoms with Crippen LogP contribution in [0.25, 0.3) is 0 Å². The zero-order chi connectivity index (χ0) is 12.2. The van der Waals surface area contributed by atoms with Crippen molar-refractivity contribution in [2.75, 3.05) is 26.3 Å². The number of hydrogen-bond donors (Lipinski definition) is 1. The molecule has 0 aliphatic carbocycles. The monoisotopic (exact) mass is 230 g/mol. The first-order valence-corrected chi connectivity index (χ1v) is 5.83. The number of hydrogen-bond acceptors (Lipinski definition) is 3. The summed E-state index contributed by atoms with van der Waals surface area (Å²) in [7, 11) is 0. The number of nitrogens with one attached hydrogen (secondary N) is 1. The molecular weight excluding hydrogens is 207 g/mol. The van der Waals surface area contributed by atoms with Crippen LogP contribution in [0.5, 0.6) is 0 Å². The van der Waals surface area contributed by atoms with Crippen LogP contribution >= 0.6 is 0 Å². The maximum atomic E-state index is 11.9. The predicted octanol–water partition coefficient (Wildman–Crippen LogP) is 1.91. The van der Waals surface area contributed by atoms with Crippen LogP contribution in [0.4, 0.5) is 4.39 Å². The van der Waals surface area contributed by atoms with E-state index in [1.54, 1.807) is 0 Å². The van der Waals surface area contributed by atoms with Crippen molar-refractivity contribution < 1.29 is 9.13 Å². The molecular formula is C12H23FN2O. The van der Waals surface area contributed by atoms with Crippen LogP contribution in [0.1, 0.15) is 27.2 Å². The van der Waals surface area contributed by atoms with Crippen LogP contribution in [0.15, 0.2) is 12.5 Å². The van der Waals surface area contributed by atoms with Gasteiger partial charge < -0.3 is 10.1 Å². The maximum absolute atomic E-state index is 11.9. The molecule has 94 valence electrons. The Morgan fingerprint density at radius 2 is 2.12 bits per heavy atom. The molecule has 0 aromatic heterocycles. The summed E-state index contributed by atoms with van der Waals surface area (Å²) in [6, 6.07) is 0.398. The van der Waals surface area contributed by atoms with Crippen LogP contribution in [-0.4, -0.2) is 42.9 Å². The molecule has 0 amide bonds. The predicted molar refractivity (Wildman–Crippen MR) is 63.9 cm³/mol. The highest BCUT2D eigenvalue weighted by Crippen LogP contribution is 2.14. The summed E-state index contributed by atoms with van der Waals surface area (Å²) in [6.45, 7) is 12.3. The number of nitrogens with zero attached hydrogens (tertiary/aromatic N) is 1. The van der Waals surface area contributed by atoms with Crippen LogP contribution in [0, 0.1) is 0 Å². The van der Waals surface area contributed by atoms with Crippen LogP contribution < -0.4 is 5.32 Å². The Labute approximate surface area is 97.6 Å². The molecule has 4 heteroatoms. The second kappa shape index (κ2) is 5.53. The lowest BCUT2D eigenvalue weighted by Gasteiger charge is -2.40. The number of alkyl halides is 1. The van der Waals surface area contributed by atoms with Gasteiger partial charge in [0.05, 0.1) is 12.7 Å². The van der Waals surface area contributed by atoms with Crippen LogP contribution in [0.2, 0.25) is 0 Å². The first-order chi connectivity index (χ1) is 7.40. The quantitative estimate of drug-likeness (QED) is 0.705. The first kappa shape index (κ1) is 13.3. The third-order valence-corrected chi connectivity index (χ3v) is 2.36. The Hall–Kier alpha value is -0.770. The van der Waals surface area contributed by atoms with E-state index in [1.807, 2.05) is 20.8 Å². The van der Waals surface area contributed by atoms with Crippen molar-refractivity contribution in [1.29, 1.82) is 0 Å². The van der Waals surface area contributed by atoms with E-state index in [-0.39, 0.29) is 12.3 Å². The van der Waals surface area contributed by atoms with Crippen molar-refractivity contribution in [3.8, 4) is 0 Å². The van der Waals surface area contributed by atoms with Crippen molar-refractivity contribution in [2.24, 2.45) is 0 Å². The van der Waals surface area contributed by atoms with E-state index in [1.165, 1.54) is 0 Å². The number of ether oxygens (including phenoxy) is 1. The van der Waals surface area contributed by atoms with Crippen LogP contribution in [0.3, 0.4) is 0 Å². The molecule has 0 atom stereocenters. The molecule has 0 bridgehead atoms. The molecule has 1 rings (SSSR count). The summed E-state index contributed by atoms with van der Waals surface area (Å²) in [4.78, 5) is 2.22. The van der Waals surface area contributed by atoms with Crippen molar-refractivity contribution in [1.82, 2.24) is 10.2 Å². The molecule has 0 aromatic rings. The van der Waals surface area contributed by atoms with Gasteiger partial charge in [0.2, 0.25) is 0 Å². The lowest BCUT2D eigenvalue weighted by molar-refractivity contribution is 0.0258. The van der Waals surface area contributed by atoms with Gasteiger partial charge in [-0.05, 0) is 33.8 Å². The minimum Gasteiger partial charge on any atom is -0.474 e. The Morgan fingerprint density at radius 1 is 1.50 bits per heavy atom. The summed E-state index contributed by atoms with van der Waals surface area (Å²) in [5, 5.41) is 3.23. The number of likely N-dealkylation sites (tertiary alicyclic amines) is 1. The average molecular weight is 230 g/mol. The average Bonchev–Trinajstić information content (AvgIpc) is 2.05. The van der Waals surface area contributed by atoms with Gasteiger partial charge in [-0.1, -0.05) is 0 Å². The van der Waals surface area contributed by atoms with E-state index >= 15 is 0 Å². The molecule has 1 saturated heterocycles. The molecule has 0 saturated carbocycles. The van der Waals surface area contributed by atoms with Gasteiger partial charge in [0.25, 0.3) is 0 Å². The second-order valence-electron chi connectivity index (χ2n) is 5.28. The molecule has 0 aromatic carbocycles. The van der Waals surface area contributed by atoms with E-state index in [0.29, 0.717) is 18.3 Å². The summed E-state index contributed by atoms with van der Waals surface area (Å²) in [5.74, 6) is 0.627. The molecule has 1 fully saturated rings. The zero-order valence-electron chi connectivity index (χ0n) is 10.6. The maximum Gasteiger partial charge on any atom is 0.180 e. The zero-order valence-corrected chi connectivity index (χ0v) is 10.6. The first-order valence-electron chi connectivity index (χ1n) is 5.83. The fourth-order valence-corrected chi connectivity index (χ4v) is 1.75. The highest BCUT2D eigenvalue weighted by atomic mass is 19.1. The van der Waals surface area contributed by atoms with Crippen LogP contribution in [-0.2, 0) is 4.74 Å². The van der Waals surface area contributed by atoms with Gasteiger partial charge in [-0.25, -0.2) is 0 Å². The summed E-state index contributed by atoms with van der Waals surface area (Å²) in [6.07, 6.45) is 0.631. The topological polar surface area (TPSA) is 24.5 Å². The molecule has 16 heavy (non-hydrogen) atoms. The summed E-state index contributed by atoms with van der Waals surface area (Å²) >= 11 is 0. The largest absolute Gasteiger partial charge is 0.474 e. The molecule has 1 aliphatic heterocycles. The molecule has 1 aliphatic rings. The van der Waals surface area contributed by atoms with Gasteiger partial charge in [0, 0.05) is 19.6 Å². The second-order valence-corrected chi connectivity index (χ2v) is 5.28. The highest BCUT2D eigenvalue weighted by molar-refractivity contribution is 4.94. The standard InChI is InChI=1S/C12H23FN2O/c1-10(16-12(2,3)4)14-11-8-15(9-11)7-5-6-13/h11,14H,1,5-9H2,2-4H3. The molecule has 1 heterocycles. The fraction of sp³-hybridized carbons (Fsp3) is 0.833. The Bertz CT molecular complexity index is 232. The normalized spacial score (nSPS) is 18.0. The van der Waals surface area contributed by atoms with E-state index in [0.717, 1.165) is 19.6 Å². The summed E-state index contributed by atoms with van der Waals surface area (Å²) < 4.78 is 17.5. The molecule has 3 nitrogen and oxygen atoms in total. The third-order valence-electron chi connectivity index (χ3n) is 2.36. The minimum absolute atomic E-state index is 0.207. The Morgan fingerprint density at radius 3 is 2.62 bits per heavy atom. The molecule has 1 N–H and O–H groups in total. The van der Waals surface area contributed by atoms with E-state index in [2.05, 4.69) is 16.8 Å². The van der Waals surface area contributed by atoms with Gasteiger partial charge in [0.15, 0.2) is 5.88 Å². The van der Waals surface area contributed by atoms with E-state index in [4.69, 9.17) is 4.74 Å². The summed E-state index contributed by atoms with van der Waals surface area (Å²) in [5.41, 5.74) is -0.207. The lowest BCUT2D eigenvalue weighted by Crippen LogP contribution is -2.58. The molecule has 0 spiro atoms. The van der Waals surface area contributed by atoms with E-state index < -0.39 is 0 Å². The highest BCUT2D eigenvalue weighted by Gasteiger charge is 2.27. The smallest absolute Gasteiger partial charge is 0.180 e. The van der Waals surface area contributed by atoms with Gasteiger partial charge >= 0.3 is 0 Å². The fourth-order valence-electron chi connectivity index (χ4n) is 1.75. The van der Waals surface area contributed by atoms with Gasteiger partial charge in [-0.2, -0.15) is 0 Å². The van der Waals surface area contributed by atoms with E-state index in [9.17, 15) is 4.39 Å². The van der Waals surface area contributed by atoms with Crippen molar-refractivity contribution in [2.45, 2.75) is 38.8 Å². The Balaban J connectivity index is 2.10. The third kappa shape index (κ3) is 4.84. The minimum atomic E-state index is -0.228. The number of halogens is 1. The molecule has 0 unspecified atom stereocenters. The molecule has 0 radical (unpaired) electrons. The van der Waals surface area contributed by atoms with Crippen molar-refractivity contribution in [3.63, 3.8) is 0 Å². The Kier molecular flexibility index (Phi) is 4.59. The lowest BCUT2D eigenvalue weighted by atomic mass is 10.1. The van der Waals surface area contributed by atoms with Crippen molar-refractivity contribution >= 4 is 0 Å². The van der Waals surface area contributed by atoms with Crippen molar-refractivity contribution in [3.05, 3.63) is 12.5 Å². The van der Waals surface area contributed by atoms with Gasteiger partial charge in [-0.15, -0.1) is 0 Å². The van der Waals surface area contributed by atoms with Gasteiger partial charge in [0.1, 0.15) is 5.60 Å². The number of rotatable bonds is 6. The van der Waals surface area contributed by atoms with Gasteiger partial charge in [-0.3, -0.25) is 9.29 Å². The SMILES string of the molecule is C=C(NC1CN(CCCF)C1)OC(C)(C)C.